The van der Waals surface area contributed by atoms with Gasteiger partial charge in [-0.25, -0.2) is 0 Å². The molecule has 0 fully saturated rings. The maximum absolute atomic E-state index is 11.7. The molecular weight excluding hydrogens is 274 g/mol. The fraction of sp³-hybridized carbons (Fsp3) is 0.333. The number of hydrogen-bond donors (Lipinski definition) is 0. The minimum Gasteiger partial charge on any atom is -0.465 e. The van der Waals surface area contributed by atoms with Gasteiger partial charge in [-0.2, -0.15) is 0 Å². The molecule has 0 bridgehead atoms. The summed E-state index contributed by atoms with van der Waals surface area (Å²) in [6.07, 6.45) is 3.72. The van der Waals surface area contributed by atoms with E-state index >= 15 is 0 Å². The number of esters is 1. The zero-order valence-corrected chi connectivity index (χ0v) is 12.6. The second-order valence-corrected chi connectivity index (χ2v) is 5.29. The number of Topliss-reactive ketones (excluding diaryl/α,β-unsaturated/α-hetero) is 1. The van der Waals surface area contributed by atoms with E-state index in [9.17, 15) is 9.59 Å². The number of carbonyl (C=O) groups excluding carboxylic acids is 2. The summed E-state index contributed by atoms with van der Waals surface area (Å²) in [6, 6.07) is 5.91. The summed E-state index contributed by atoms with van der Waals surface area (Å²) in [7, 11) is 0. The largest absolute Gasteiger partial charge is 0.465 e. The van der Waals surface area contributed by atoms with Gasteiger partial charge in [0.2, 0.25) is 0 Å². The number of nitrogens with zero attached hydrogens (tertiary/aromatic N) is 1. The monoisotopic (exact) mass is 291 g/mol. The average Bonchev–Trinajstić information content (AvgIpc) is 2.77. The summed E-state index contributed by atoms with van der Waals surface area (Å²) in [5, 5.41) is 0.883. The van der Waals surface area contributed by atoms with Crippen LogP contribution in [-0.2, 0) is 16.1 Å². The molecule has 1 aromatic carbocycles. The molecule has 0 amide bonds. The van der Waals surface area contributed by atoms with Crippen molar-refractivity contribution >= 4 is 34.4 Å². The van der Waals surface area contributed by atoms with Crippen molar-refractivity contribution in [1.82, 2.24) is 4.57 Å². The van der Waals surface area contributed by atoms with Gasteiger partial charge in [-0.05, 0) is 38.3 Å². The Kier molecular flexibility index (Phi) is 4.49. The Balaban J connectivity index is 2.50. The zero-order chi connectivity index (χ0) is 14.7. The van der Waals surface area contributed by atoms with Crippen molar-refractivity contribution in [2.75, 3.05) is 12.9 Å². The van der Waals surface area contributed by atoms with E-state index in [0.717, 1.165) is 15.8 Å². The van der Waals surface area contributed by atoms with Crippen LogP contribution < -0.4 is 0 Å². The number of aromatic nitrogens is 1. The molecule has 20 heavy (non-hydrogen) atoms. The smallest absolute Gasteiger partial charge is 0.325 e. The second-order valence-electron chi connectivity index (χ2n) is 4.41. The standard InChI is InChI=1S/C15H17NO3S/c1-4-19-15(18)9-16-8-13(10(2)17)12-7-11(20-3)5-6-14(12)16/h5-8H,4,9H2,1-3H3. The normalized spacial score (nSPS) is 10.8. The third-order valence-corrected chi connectivity index (χ3v) is 3.80. The van der Waals surface area contributed by atoms with Crippen LogP contribution in [0.4, 0.5) is 0 Å². The van der Waals surface area contributed by atoms with Crippen LogP contribution >= 0.6 is 11.8 Å². The highest BCUT2D eigenvalue weighted by molar-refractivity contribution is 7.98. The highest BCUT2D eigenvalue weighted by Gasteiger charge is 2.14. The molecule has 106 valence electrons. The van der Waals surface area contributed by atoms with Crippen LogP contribution in [0, 0.1) is 0 Å². The van der Waals surface area contributed by atoms with Gasteiger partial charge in [-0.15, -0.1) is 11.8 Å². The quantitative estimate of drug-likeness (QED) is 0.482. The van der Waals surface area contributed by atoms with E-state index in [1.165, 1.54) is 6.92 Å². The molecule has 1 heterocycles. The summed E-state index contributed by atoms with van der Waals surface area (Å²) >= 11 is 1.62. The molecule has 0 N–H and O–H groups in total. The van der Waals surface area contributed by atoms with Crippen molar-refractivity contribution in [2.24, 2.45) is 0 Å². The fourth-order valence-corrected chi connectivity index (χ4v) is 2.60. The van der Waals surface area contributed by atoms with Crippen LogP contribution in [0.15, 0.2) is 29.3 Å². The number of fused-ring (bicyclic) bond motifs is 1. The minimum absolute atomic E-state index is 0.00383. The lowest BCUT2D eigenvalue weighted by atomic mass is 10.1. The highest BCUT2D eigenvalue weighted by atomic mass is 32.2. The maximum Gasteiger partial charge on any atom is 0.325 e. The van der Waals surface area contributed by atoms with Crippen LogP contribution in [0.1, 0.15) is 24.2 Å². The van der Waals surface area contributed by atoms with E-state index in [-0.39, 0.29) is 18.3 Å². The van der Waals surface area contributed by atoms with Gasteiger partial charge in [-0.1, -0.05) is 0 Å². The lowest BCUT2D eigenvalue weighted by Gasteiger charge is -2.05. The number of ether oxygens (including phenoxy) is 1. The first kappa shape index (κ1) is 14.7. The molecular formula is C15H17NO3S. The minimum atomic E-state index is -0.298. The lowest BCUT2D eigenvalue weighted by Crippen LogP contribution is -2.12. The molecule has 0 spiro atoms. The number of ketones is 1. The molecule has 0 saturated carbocycles. The number of rotatable bonds is 5. The van der Waals surface area contributed by atoms with Gasteiger partial charge in [0.1, 0.15) is 6.54 Å². The topological polar surface area (TPSA) is 48.3 Å². The van der Waals surface area contributed by atoms with Crippen LogP contribution in [0.25, 0.3) is 10.9 Å². The molecule has 0 unspecified atom stereocenters. The molecule has 0 radical (unpaired) electrons. The van der Waals surface area contributed by atoms with Crippen molar-refractivity contribution in [2.45, 2.75) is 25.3 Å². The zero-order valence-electron chi connectivity index (χ0n) is 11.8. The Labute approximate surface area is 122 Å². The summed E-state index contributed by atoms with van der Waals surface area (Å²) in [6.45, 7) is 3.79. The molecule has 0 aliphatic carbocycles. The van der Waals surface area contributed by atoms with Gasteiger partial charge >= 0.3 is 5.97 Å². The van der Waals surface area contributed by atoms with Crippen molar-refractivity contribution in [3.63, 3.8) is 0 Å². The maximum atomic E-state index is 11.7. The molecule has 2 aromatic rings. The summed E-state index contributed by atoms with van der Waals surface area (Å²) in [5.74, 6) is -0.302. The fourth-order valence-electron chi connectivity index (χ4n) is 2.16. The molecule has 0 saturated heterocycles. The molecule has 1 aromatic heterocycles. The van der Waals surface area contributed by atoms with E-state index in [4.69, 9.17) is 4.74 Å². The van der Waals surface area contributed by atoms with Crippen molar-refractivity contribution < 1.29 is 14.3 Å². The summed E-state index contributed by atoms with van der Waals surface area (Å²) in [5.41, 5.74) is 1.52. The van der Waals surface area contributed by atoms with Gasteiger partial charge < -0.3 is 9.30 Å². The Morgan fingerprint density at radius 3 is 2.70 bits per heavy atom. The van der Waals surface area contributed by atoms with E-state index in [0.29, 0.717) is 12.2 Å². The molecule has 4 nitrogen and oxygen atoms in total. The SMILES string of the molecule is CCOC(=O)Cn1cc(C(C)=O)c2cc(SC)ccc21. The Bertz CT molecular complexity index is 660. The Morgan fingerprint density at radius 1 is 1.35 bits per heavy atom. The molecule has 2 rings (SSSR count). The summed E-state index contributed by atoms with van der Waals surface area (Å²) < 4.78 is 6.73. The van der Waals surface area contributed by atoms with Crippen LogP contribution in [0.3, 0.4) is 0 Å². The summed E-state index contributed by atoms with van der Waals surface area (Å²) in [4.78, 5) is 24.5. The van der Waals surface area contributed by atoms with Gasteiger partial charge in [0, 0.05) is 27.6 Å². The highest BCUT2D eigenvalue weighted by Crippen LogP contribution is 2.27. The predicted octanol–water partition coefficient (Wildman–Crippen LogP) is 3.13. The van der Waals surface area contributed by atoms with Crippen LogP contribution in [0.5, 0.6) is 0 Å². The first-order chi connectivity index (χ1) is 9.56. The van der Waals surface area contributed by atoms with E-state index in [1.54, 1.807) is 29.4 Å². The Hall–Kier alpha value is -1.75. The first-order valence-electron chi connectivity index (χ1n) is 6.40. The van der Waals surface area contributed by atoms with Crippen molar-refractivity contribution in [3.05, 3.63) is 30.0 Å². The number of hydrogen-bond acceptors (Lipinski definition) is 4. The number of benzene rings is 1. The van der Waals surface area contributed by atoms with E-state index in [1.807, 2.05) is 24.5 Å². The number of carbonyl (C=O) groups is 2. The van der Waals surface area contributed by atoms with Crippen molar-refractivity contribution in [1.29, 1.82) is 0 Å². The van der Waals surface area contributed by atoms with Gasteiger partial charge in [0.05, 0.1) is 6.61 Å². The van der Waals surface area contributed by atoms with Crippen molar-refractivity contribution in [3.8, 4) is 0 Å². The van der Waals surface area contributed by atoms with Gasteiger partial charge in [-0.3, -0.25) is 9.59 Å². The Morgan fingerprint density at radius 2 is 2.10 bits per heavy atom. The van der Waals surface area contributed by atoms with Crippen LogP contribution in [-0.4, -0.2) is 29.2 Å². The second kappa shape index (κ2) is 6.13. The van der Waals surface area contributed by atoms with E-state index < -0.39 is 0 Å². The first-order valence-corrected chi connectivity index (χ1v) is 7.62. The molecule has 0 aliphatic rings. The predicted molar refractivity (Wildman–Crippen MR) is 80.4 cm³/mol. The third kappa shape index (κ3) is 2.88. The molecule has 0 atom stereocenters. The number of thioether (sulfide) groups is 1. The lowest BCUT2D eigenvalue weighted by molar-refractivity contribution is -0.143. The van der Waals surface area contributed by atoms with E-state index in [2.05, 4.69) is 0 Å². The van der Waals surface area contributed by atoms with Gasteiger partial charge in [0.15, 0.2) is 5.78 Å². The average molecular weight is 291 g/mol. The molecule has 0 aliphatic heterocycles. The molecule has 5 heteroatoms. The third-order valence-electron chi connectivity index (χ3n) is 3.07. The van der Waals surface area contributed by atoms with Gasteiger partial charge in [0.25, 0.3) is 0 Å². The van der Waals surface area contributed by atoms with Crippen LogP contribution in [0.2, 0.25) is 0 Å².